The molecule has 7 nitrogen and oxygen atoms in total. The molecule has 9 heteroatoms. The summed E-state index contributed by atoms with van der Waals surface area (Å²) in [5, 5.41) is 6.25. The molecule has 2 aromatic carbocycles. The summed E-state index contributed by atoms with van der Waals surface area (Å²) in [6.45, 7) is 4.37. The molecule has 0 amide bonds. The highest BCUT2D eigenvalue weighted by Gasteiger charge is 2.11. The molecule has 0 fully saturated rings. The zero-order chi connectivity index (χ0) is 21.6. The summed E-state index contributed by atoms with van der Waals surface area (Å²) in [5.74, 6) is 0.439. The van der Waals surface area contributed by atoms with Gasteiger partial charge in [0, 0.05) is 30.5 Å². The summed E-state index contributed by atoms with van der Waals surface area (Å²) >= 11 is 0. The number of halogens is 1. The number of benzene rings is 2. The highest BCUT2D eigenvalue weighted by molar-refractivity contribution is 7.88. The van der Waals surface area contributed by atoms with Gasteiger partial charge in [0.05, 0.1) is 5.75 Å². The summed E-state index contributed by atoms with van der Waals surface area (Å²) in [6, 6.07) is 15.2. The molecule has 0 aliphatic rings. The van der Waals surface area contributed by atoms with Crippen LogP contribution in [-0.4, -0.2) is 31.5 Å². The molecular weight excluding hydrogens is 405 g/mol. The second kappa shape index (κ2) is 9.64. The lowest BCUT2D eigenvalue weighted by Crippen LogP contribution is -2.30. The number of nitrogens with one attached hydrogen (secondary N) is 3. The molecule has 158 valence electrons. The van der Waals surface area contributed by atoms with Crippen LogP contribution in [0.1, 0.15) is 16.8 Å². The molecule has 0 aliphatic heterocycles. The Balaban J connectivity index is 1.52. The van der Waals surface area contributed by atoms with Crippen molar-refractivity contribution in [1.82, 2.24) is 14.7 Å². The lowest BCUT2D eigenvalue weighted by atomic mass is 10.2. The zero-order valence-corrected chi connectivity index (χ0v) is 17.6. The molecule has 3 rings (SSSR count). The van der Waals surface area contributed by atoms with E-state index < -0.39 is 15.8 Å². The zero-order valence-electron chi connectivity index (χ0n) is 16.8. The van der Waals surface area contributed by atoms with Gasteiger partial charge in [0.2, 0.25) is 16.0 Å². The Kier molecular flexibility index (Phi) is 6.96. The van der Waals surface area contributed by atoms with Gasteiger partial charge in [-0.15, -0.1) is 0 Å². The van der Waals surface area contributed by atoms with Crippen LogP contribution in [0.2, 0.25) is 0 Å². The van der Waals surface area contributed by atoms with Crippen LogP contribution in [0.4, 0.5) is 21.8 Å². The SMILES string of the molecule is Cc1ccc(Nc2cc(C)nc(NCCNS(=O)(=O)Cc3ccc(F)cc3)n2)cc1. The minimum atomic E-state index is -3.53. The third kappa shape index (κ3) is 6.78. The monoisotopic (exact) mass is 429 g/mol. The van der Waals surface area contributed by atoms with Crippen LogP contribution in [-0.2, 0) is 15.8 Å². The van der Waals surface area contributed by atoms with E-state index in [1.807, 2.05) is 44.2 Å². The summed E-state index contributed by atoms with van der Waals surface area (Å²) in [6.07, 6.45) is 0. The lowest BCUT2D eigenvalue weighted by Gasteiger charge is -2.11. The number of nitrogens with zero attached hydrogens (tertiary/aromatic N) is 2. The third-order valence-electron chi connectivity index (χ3n) is 4.18. The second-order valence-corrected chi connectivity index (χ2v) is 8.72. The summed E-state index contributed by atoms with van der Waals surface area (Å²) in [7, 11) is -3.53. The van der Waals surface area contributed by atoms with Gasteiger partial charge in [-0.05, 0) is 43.7 Å². The molecule has 0 radical (unpaired) electrons. The molecule has 0 saturated heterocycles. The van der Waals surface area contributed by atoms with Gasteiger partial charge in [-0.25, -0.2) is 22.5 Å². The van der Waals surface area contributed by atoms with Crippen molar-refractivity contribution >= 4 is 27.5 Å². The molecule has 0 atom stereocenters. The second-order valence-electron chi connectivity index (χ2n) is 6.92. The molecule has 0 aliphatic carbocycles. The number of aryl methyl sites for hydroxylation is 2. The molecule has 3 N–H and O–H groups in total. The summed E-state index contributed by atoms with van der Waals surface area (Å²) in [4.78, 5) is 8.74. The van der Waals surface area contributed by atoms with E-state index in [4.69, 9.17) is 0 Å². The maximum absolute atomic E-state index is 12.9. The van der Waals surface area contributed by atoms with Crippen molar-refractivity contribution in [2.75, 3.05) is 23.7 Å². The Morgan fingerprint density at radius 3 is 2.33 bits per heavy atom. The van der Waals surface area contributed by atoms with Gasteiger partial charge in [-0.3, -0.25) is 0 Å². The van der Waals surface area contributed by atoms with Crippen molar-refractivity contribution in [2.45, 2.75) is 19.6 Å². The van der Waals surface area contributed by atoms with E-state index in [-0.39, 0.29) is 12.3 Å². The van der Waals surface area contributed by atoms with Crippen molar-refractivity contribution in [2.24, 2.45) is 0 Å². The smallest absolute Gasteiger partial charge is 0.224 e. The van der Waals surface area contributed by atoms with Gasteiger partial charge in [0.15, 0.2) is 0 Å². The van der Waals surface area contributed by atoms with E-state index in [9.17, 15) is 12.8 Å². The standard InChI is InChI=1S/C21H24FN5O2S/c1-15-3-9-19(10-4-15)26-20-13-16(2)25-21(27-20)23-11-12-24-30(28,29)14-17-5-7-18(22)8-6-17/h3-10,13,24H,11-12,14H2,1-2H3,(H2,23,25,26,27). The predicted molar refractivity (Wildman–Crippen MR) is 117 cm³/mol. The molecule has 0 unspecified atom stereocenters. The maximum Gasteiger partial charge on any atom is 0.224 e. The average Bonchev–Trinajstić information content (AvgIpc) is 2.68. The van der Waals surface area contributed by atoms with Crippen molar-refractivity contribution in [1.29, 1.82) is 0 Å². The molecule has 0 saturated carbocycles. The highest BCUT2D eigenvalue weighted by Crippen LogP contribution is 2.17. The number of anilines is 3. The summed E-state index contributed by atoms with van der Waals surface area (Å²) in [5.41, 5.74) is 3.38. The molecular formula is C21H24FN5O2S. The highest BCUT2D eigenvalue weighted by atomic mass is 32.2. The van der Waals surface area contributed by atoms with Gasteiger partial charge in [-0.2, -0.15) is 4.98 Å². The van der Waals surface area contributed by atoms with E-state index in [0.717, 1.165) is 11.4 Å². The predicted octanol–water partition coefficient (Wildman–Crippen LogP) is 3.51. The Morgan fingerprint density at radius 2 is 1.63 bits per heavy atom. The van der Waals surface area contributed by atoms with Gasteiger partial charge in [0.25, 0.3) is 0 Å². The van der Waals surface area contributed by atoms with E-state index in [1.54, 1.807) is 0 Å². The fourth-order valence-electron chi connectivity index (χ4n) is 2.73. The van der Waals surface area contributed by atoms with E-state index in [0.29, 0.717) is 23.9 Å². The van der Waals surface area contributed by atoms with Crippen LogP contribution in [0, 0.1) is 19.7 Å². The van der Waals surface area contributed by atoms with Crippen LogP contribution >= 0.6 is 0 Å². The first kappa shape index (κ1) is 21.7. The summed E-state index contributed by atoms with van der Waals surface area (Å²) < 4.78 is 39.8. The van der Waals surface area contributed by atoms with Gasteiger partial charge in [0.1, 0.15) is 11.6 Å². The third-order valence-corrected chi connectivity index (χ3v) is 5.54. The topological polar surface area (TPSA) is 96.0 Å². The van der Waals surface area contributed by atoms with Crippen LogP contribution in [0.15, 0.2) is 54.6 Å². The van der Waals surface area contributed by atoms with Crippen molar-refractivity contribution in [3.05, 3.63) is 77.2 Å². The Morgan fingerprint density at radius 1 is 0.933 bits per heavy atom. The van der Waals surface area contributed by atoms with Crippen LogP contribution in [0.3, 0.4) is 0 Å². The Labute approximate surface area is 175 Å². The first-order chi connectivity index (χ1) is 14.3. The molecule has 0 bridgehead atoms. The fraction of sp³-hybridized carbons (Fsp3) is 0.238. The first-order valence-electron chi connectivity index (χ1n) is 9.44. The molecule has 1 heterocycles. The van der Waals surface area contributed by atoms with Crippen molar-refractivity contribution < 1.29 is 12.8 Å². The minimum absolute atomic E-state index is 0.168. The number of sulfonamides is 1. The maximum atomic E-state index is 12.9. The van der Waals surface area contributed by atoms with Crippen molar-refractivity contribution in [3.63, 3.8) is 0 Å². The fourth-order valence-corrected chi connectivity index (χ4v) is 3.87. The van der Waals surface area contributed by atoms with Crippen LogP contribution in [0.5, 0.6) is 0 Å². The first-order valence-corrected chi connectivity index (χ1v) is 11.1. The molecule has 3 aromatic rings. The Bertz CT molecular complexity index is 1090. The lowest BCUT2D eigenvalue weighted by molar-refractivity contribution is 0.581. The molecule has 0 spiro atoms. The molecule has 30 heavy (non-hydrogen) atoms. The number of hydrogen-bond acceptors (Lipinski definition) is 6. The quantitative estimate of drug-likeness (QED) is 0.451. The van der Waals surface area contributed by atoms with E-state index >= 15 is 0 Å². The minimum Gasteiger partial charge on any atom is -0.353 e. The van der Waals surface area contributed by atoms with Gasteiger partial charge >= 0.3 is 0 Å². The van der Waals surface area contributed by atoms with Crippen LogP contribution in [0.25, 0.3) is 0 Å². The van der Waals surface area contributed by atoms with Gasteiger partial charge < -0.3 is 10.6 Å². The number of rotatable bonds is 9. The molecule has 1 aromatic heterocycles. The number of aromatic nitrogens is 2. The average molecular weight is 430 g/mol. The van der Waals surface area contributed by atoms with Crippen LogP contribution < -0.4 is 15.4 Å². The van der Waals surface area contributed by atoms with E-state index in [2.05, 4.69) is 25.3 Å². The normalized spacial score (nSPS) is 11.3. The van der Waals surface area contributed by atoms with Crippen molar-refractivity contribution in [3.8, 4) is 0 Å². The number of hydrogen-bond donors (Lipinski definition) is 3. The van der Waals surface area contributed by atoms with E-state index in [1.165, 1.54) is 29.8 Å². The Hall–Kier alpha value is -3.04. The van der Waals surface area contributed by atoms with Gasteiger partial charge in [-0.1, -0.05) is 29.8 Å². The largest absolute Gasteiger partial charge is 0.353 e.